The molecule has 0 saturated heterocycles. The van der Waals surface area contributed by atoms with Crippen LogP contribution in [-0.4, -0.2) is 21.0 Å². The van der Waals surface area contributed by atoms with Crippen molar-refractivity contribution in [2.45, 2.75) is 0 Å². The zero-order valence-corrected chi connectivity index (χ0v) is 14.1. The van der Waals surface area contributed by atoms with E-state index >= 15 is 0 Å². The first-order valence-electron chi connectivity index (χ1n) is 7.78. The molecule has 4 aromatic rings. The van der Waals surface area contributed by atoms with Gasteiger partial charge < -0.3 is 5.32 Å². The van der Waals surface area contributed by atoms with Gasteiger partial charge in [-0.15, -0.1) is 0 Å². The molecule has 128 valence electrons. The van der Waals surface area contributed by atoms with E-state index in [-0.39, 0.29) is 16.1 Å². The Morgan fingerprint density at radius 1 is 1.08 bits per heavy atom. The van der Waals surface area contributed by atoms with Gasteiger partial charge in [0, 0.05) is 17.4 Å². The second-order valence-electron chi connectivity index (χ2n) is 5.60. The lowest BCUT2D eigenvalue weighted by atomic mass is 10.0. The number of carbonyl (C=O) groups excluding carboxylic acids is 1. The molecule has 2 heterocycles. The molecule has 0 saturated carbocycles. The predicted octanol–water partition coefficient (Wildman–Crippen LogP) is 4.73. The van der Waals surface area contributed by atoms with E-state index in [1.807, 2.05) is 12.1 Å². The van der Waals surface area contributed by atoms with Crippen molar-refractivity contribution in [3.05, 3.63) is 82.8 Å². The topological polar surface area (TPSA) is 70.7 Å². The van der Waals surface area contributed by atoms with Crippen LogP contribution in [0.2, 0.25) is 5.02 Å². The Labute approximate surface area is 152 Å². The van der Waals surface area contributed by atoms with Gasteiger partial charge in [-0.3, -0.25) is 14.9 Å². The van der Waals surface area contributed by atoms with Crippen LogP contribution in [-0.2, 0) is 0 Å². The predicted molar refractivity (Wildman–Crippen MR) is 98.5 cm³/mol. The number of nitrogens with one attached hydrogen (secondary N) is 2. The van der Waals surface area contributed by atoms with Gasteiger partial charge in [0.25, 0.3) is 0 Å². The second kappa shape index (κ2) is 6.57. The van der Waals surface area contributed by atoms with Gasteiger partial charge >= 0.3 is 0 Å². The van der Waals surface area contributed by atoms with Gasteiger partial charge in [0.05, 0.1) is 16.1 Å². The first-order chi connectivity index (χ1) is 12.6. The number of nitrogens with zero attached hydrogens (tertiary/aromatic N) is 2. The molecule has 26 heavy (non-hydrogen) atoms. The van der Waals surface area contributed by atoms with Crippen molar-refractivity contribution < 1.29 is 9.18 Å². The molecular formula is C19H12ClFN4O. The first-order valence-corrected chi connectivity index (χ1v) is 8.16. The molecule has 2 aromatic heterocycles. The van der Waals surface area contributed by atoms with Crippen molar-refractivity contribution in [2.24, 2.45) is 0 Å². The number of fused-ring (bicyclic) bond motifs is 1. The average molecular weight is 367 g/mol. The Balaban J connectivity index is 1.64. The van der Waals surface area contributed by atoms with Crippen LogP contribution >= 0.6 is 11.6 Å². The highest BCUT2D eigenvalue weighted by atomic mass is 35.5. The number of hydrogen-bond acceptors (Lipinski definition) is 4. The molecule has 0 amide bonds. The first kappa shape index (κ1) is 16.2. The number of anilines is 2. The second-order valence-corrected chi connectivity index (χ2v) is 6.01. The van der Waals surface area contributed by atoms with Gasteiger partial charge in [-0.25, -0.2) is 4.39 Å². The average Bonchev–Trinajstić information content (AvgIpc) is 3.05. The molecule has 0 aliphatic carbocycles. The summed E-state index contributed by atoms with van der Waals surface area (Å²) in [5.74, 6) is -0.499. The van der Waals surface area contributed by atoms with Crippen LogP contribution in [0.25, 0.3) is 11.0 Å². The van der Waals surface area contributed by atoms with E-state index < -0.39 is 11.6 Å². The number of aromatic amines is 1. The largest absolute Gasteiger partial charge is 0.337 e. The van der Waals surface area contributed by atoms with Gasteiger partial charge in [0.2, 0.25) is 0 Å². The summed E-state index contributed by atoms with van der Waals surface area (Å²) >= 11 is 6.26. The highest BCUT2D eigenvalue weighted by Gasteiger charge is 2.17. The fourth-order valence-corrected chi connectivity index (χ4v) is 2.91. The summed E-state index contributed by atoms with van der Waals surface area (Å²) in [5.41, 5.74) is 2.34. The van der Waals surface area contributed by atoms with Crippen molar-refractivity contribution in [2.75, 3.05) is 5.32 Å². The van der Waals surface area contributed by atoms with E-state index in [9.17, 15) is 9.18 Å². The summed E-state index contributed by atoms with van der Waals surface area (Å²) in [4.78, 5) is 16.8. The van der Waals surface area contributed by atoms with Gasteiger partial charge in [0.15, 0.2) is 11.6 Å². The van der Waals surface area contributed by atoms with E-state index in [4.69, 9.17) is 11.6 Å². The lowest BCUT2D eigenvalue weighted by molar-refractivity contribution is 0.103. The van der Waals surface area contributed by atoms with Gasteiger partial charge in [-0.1, -0.05) is 23.7 Å². The molecule has 0 aliphatic heterocycles. The Kier molecular flexibility index (Phi) is 4.10. The van der Waals surface area contributed by atoms with E-state index in [2.05, 4.69) is 20.5 Å². The number of rotatable bonds is 4. The number of ketones is 1. The molecule has 5 nitrogen and oxygen atoms in total. The standard InChI is InChI=1S/C19H12ClFN4O/c20-14-10-11(23-19-17-16(24-25-19)6-3-9-22-17)7-8-12(14)18(26)13-4-1-2-5-15(13)21/h1-10H,(H2,23,24,25). The van der Waals surface area contributed by atoms with E-state index in [1.54, 1.807) is 30.5 Å². The summed E-state index contributed by atoms with van der Waals surface area (Å²) < 4.78 is 13.8. The fourth-order valence-electron chi connectivity index (χ4n) is 2.64. The third-order valence-electron chi connectivity index (χ3n) is 3.92. The minimum absolute atomic E-state index is 0.0161. The number of hydrogen-bond donors (Lipinski definition) is 2. The molecule has 4 rings (SSSR count). The smallest absolute Gasteiger partial charge is 0.197 e. The quantitative estimate of drug-likeness (QED) is 0.512. The van der Waals surface area contributed by atoms with Crippen LogP contribution in [0.3, 0.4) is 0 Å². The maximum absolute atomic E-state index is 13.8. The molecular weight excluding hydrogens is 355 g/mol. The lowest BCUT2D eigenvalue weighted by Crippen LogP contribution is -2.05. The molecule has 2 aromatic carbocycles. The summed E-state index contributed by atoms with van der Waals surface area (Å²) in [6.45, 7) is 0. The summed E-state index contributed by atoms with van der Waals surface area (Å²) in [6.07, 6.45) is 1.67. The van der Waals surface area contributed by atoms with E-state index in [1.165, 1.54) is 18.2 Å². The zero-order chi connectivity index (χ0) is 18.1. The van der Waals surface area contributed by atoms with Crippen LogP contribution in [0, 0.1) is 5.82 Å². The molecule has 7 heteroatoms. The minimum Gasteiger partial charge on any atom is -0.337 e. The molecule has 0 aliphatic rings. The molecule has 0 fully saturated rings. The number of H-pyrrole nitrogens is 1. The van der Waals surface area contributed by atoms with Crippen molar-refractivity contribution >= 4 is 39.9 Å². The summed E-state index contributed by atoms with van der Waals surface area (Å²) in [7, 11) is 0. The van der Waals surface area contributed by atoms with E-state index in [0.717, 1.165) is 5.52 Å². The van der Waals surface area contributed by atoms with Crippen LogP contribution in [0.15, 0.2) is 60.8 Å². The van der Waals surface area contributed by atoms with E-state index in [0.29, 0.717) is 17.0 Å². The van der Waals surface area contributed by atoms with Crippen molar-refractivity contribution in [1.29, 1.82) is 0 Å². The number of benzene rings is 2. The number of carbonyl (C=O) groups is 1. The van der Waals surface area contributed by atoms with Gasteiger partial charge in [-0.05, 0) is 42.5 Å². The van der Waals surface area contributed by atoms with Crippen LogP contribution in [0.5, 0.6) is 0 Å². The number of aromatic nitrogens is 3. The van der Waals surface area contributed by atoms with Crippen molar-refractivity contribution in [3.63, 3.8) is 0 Å². The Morgan fingerprint density at radius 2 is 1.92 bits per heavy atom. The number of pyridine rings is 1. The molecule has 2 N–H and O–H groups in total. The Morgan fingerprint density at radius 3 is 2.73 bits per heavy atom. The van der Waals surface area contributed by atoms with Crippen molar-refractivity contribution in [3.8, 4) is 0 Å². The maximum atomic E-state index is 13.8. The van der Waals surface area contributed by atoms with Gasteiger partial charge in [0.1, 0.15) is 11.3 Å². The zero-order valence-electron chi connectivity index (χ0n) is 13.3. The maximum Gasteiger partial charge on any atom is 0.197 e. The van der Waals surface area contributed by atoms with Crippen molar-refractivity contribution in [1.82, 2.24) is 15.2 Å². The molecule has 0 bridgehead atoms. The summed E-state index contributed by atoms with van der Waals surface area (Å²) in [6, 6.07) is 14.3. The SMILES string of the molecule is O=C(c1ccccc1F)c1ccc(Nc2n[nH]c3cccnc23)cc1Cl. The highest BCUT2D eigenvalue weighted by Crippen LogP contribution is 2.27. The van der Waals surface area contributed by atoms with Gasteiger partial charge in [-0.2, -0.15) is 5.10 Å². The number of halogens is 2. The summed E-state index contributed by atoms with van der Waals surface area (Å²) in [5, 5.41) is 10.4. The fraction of sp³-hybridized carbons (Fsp3) is 0. The van der Waals surface area contributed by atoms with Crippen LogP contribution < -0.4 is 5.32 Å². The Bertz CT molecular complexity index is 1130. The lowest BCUT2D eigenvalue weighted by Gasteiger charge is -2.08. The third kappa shape index (κ3) is 2.91. The Hall–Kier alpha value is -3.25. The minimum atomic E-state index is -0.579. The molecule has 0 radical (unpaired) electrons. The molecule has 0 atom stereocenters. The molecule has 0 unspecified atom stereocenters. The molecule has 0 spiro atoms. The van der Waals surface area contributed by atoms with Crippen LogP contribution in [0.4, 0.5) is 15.9 Å². The van der Waals surface area contributed by atoms with Crippen LogP contribution in [0.1, 0.15) is 15.9 Å². The normalized spacial score (nSPS) is 10.8. The monoisotopic (exact) mass is 366 g/mol. The highest BCUT2D eigenvalue weighted by molar-refractivity contribution is 6.35. The third-order valence-corrected chi connectivity index (χ3v) is 4.23.